The van der Waals surface area contributed by atoms with E-state index in [1.54, 1.807) is 7.11 Å². The normalized spacial score (nSPS) is 16.4. The molecule has 0 aromatic heterocycles. The maximum Gasteiger partial charge on any atom is 0.265 e. The molecule has 0 unspecified atom stereocenters. The van der Waals surface area contributed by atoms with Crippen molar-refractivity contribution in [2.75, 3.05) is 20.3 Å². The van der Waals surface area contributed by atoms with Gasteiger partial charge in [0.25, 0.3) is 5.91 Å². The summed E-state index contributed by atoms with van der Waals surface area (Å²) in [6.07, 6.45) is -0.0146. The number of methoxy groups -OCH3 is 1. The van der Waals surface area contributed by atoms with Crippen molar-refractivity contribution in [1.82, 2.24) is 10.6 Å². The van der Waals surface area contributed by atoms with Gasteiger partial charge in [0.15, 0.2) is 0 Å². The smallest absolute Gasteiger partial charge is 0.265 e. The van der Waals surface area contributed by atoms with Crippen molar-refractivity contribution in [3.63, 3.8) is 0 Å². The van der Waals surface area contributed by atoms with Gasteiger partial charge in [-0.3, -0.25) is 9.59 Å². The number of nitrogens with one attached hydrogen (secondary N) is 2. The minimum Gasteiger partial charge on any atom is -0.383 e. The zero-order valence-electron chi connectivity index (χ0n) is 16.3. The van der Waals surface area contributed by atoms with Gasteiger partial charge in [-0.05, 0) is 11.1 Å². The van der Waals surface area contributed by atoms with E-state index in [0.29, 0.717) is 26.0 Å². The molecule has 0 spiro atoms. The van der Waals surface area contributed by atoms with Gasteiger partial charge >= 0.3 is 0 Å². The third kappa shape index (κ3) is 5.89. The van der Waals surface area contributed by atoms with Gasteiger partial charge in [-0.1, -0.05) is 65.8 Å². The molecule has 152 valence electrons. The number of nitrogens with zero attached hydrogens (tertiary/aromatic N) is 1. The maximum atomic E-state index is 12.7. The molecule has 1 heterocycles. The highest BCUT2D eigenvalue weighted by Gasteiger charge is 2.32. The molecule has 7 nitrogen and oxygen atoms in total. The molecular weight excluding hydrogens is 370 g/mol. The Hall–Kier alpha value is -3.19. The molecule has 2 atom stereocenters. The molecule has 1 aliphatic heterocycles. The Morgan fingerprint density at radius 3 is 2.52 bits per heavy atom. The third-order valence-electron chi connectivity index (χ3n) is 4.59. The fourth-order valence-corrected chi connectivity index (χ4v) is 3.04. The highest BCUT2D eigenvalue weighted by atomic mass is 16.6. The zero-order valence-corrected chi connectivity index (χ0v) is 16.3. The third-order valence-corrected chi connectivity index (χ3v) is 4.59. The molecule has 1 aliphatic rings. The monoisotopic (exact) mass is 395 g/mol. The Balaban J connectivity index is 1.62. The molecule has 0 aliphatic carbocycles. The topological polar surface area (TPSA) is 89.0 Å². The summed E-state index contributed by atoms with van der Waals surface area (Å²) in [5.41, 5.74) is 2.59. The molecule has 0 bridgehead atoms. The number of carbonyl (C=O) groups is 2. The SMILES string of the molecule is COCCNC(=O)[C@H](Cc1ccccc1)NC(=O)[C@H]1CC(c2ccccc2)=NO1. The lowest BCUT2D eigenvalue weighted by atomic mass is 10.0. The highest BCUT2D eigenvalue weighted by molar-refractivity contribution is 6.04. The van der Waals surface area contributed by atoms with Crippen molar-refractivity contribution < 1.29 is 19.2 Å². The molecule has 2 aromatic rings. The first-order valence-corrected chi connectivity index (χ1v) is 9.56. The summed E-state index contributed by atoms with van der Waals surface area (Å²) in [4.78, 5) is 30.7. The fourth-order valence-electron chi connectivity index (χ4n) is 3.04. The van der Waals surface area contributed by atoms with E-state index in [1.165, 1.54) is 0 Å². The summed E-state index contributed by atoms with van der Waals surface area (Å²) >= 11 is 0. The number of hydrogen-bond acceptors (Lipinski definition) is 5. The lowest BCUT2D eigenvalue weighted by Crippen LogP contribution is -2.51. The molecule has 2 amide bonds. The molecular formula is C22H25N3O4. The summed E-state index contributed by atoms with van der Waals surface area (Å²) in [5.74, 6) is -0.621. The molecule has 0 fully saturated rings. The van der Waals surface area contributed by atoms with Crippen LogP contribution in [0.1, 0.15) is 17.5 Å². The quantitative estimate of drug-likeness (QED) is 0.632. The second-order valence-corrected chi connectivity index (χ2v) is 6.74. The van der Waals surface area contributed by atoms with Crippen molar-refractivity contribution in [2.24, 2.45) is 5.16 Å². The molecule has 7 heteroatoms. The Morgan fingerprint density at radius 1 is 1.14 bits per heavy atom. The van der Waals surface area contributed by atoms with Gasteiger partial charge in [-0.15, -0.1) is 0 Å². The molecule has 29 heavy (non-hydrogen) atoms. The van der Waals surface area contributed by atoms with E-state index in [2.05, 4.69) is 15.8 Å². The van der Waals surface area contributed by atoms with Crippen LogP contribution in [0.2, 0.25) is 0 Å². The number of amides is 2. The predicted octanol–water partition coefficient (Wildman–Crippen LogP) is 1.67. The van der Waals surface area contributed by atoms with E-state index < -0.39 is 12.1 Å². The number of hydrogen-bond donors (Lipinski definition) is 2. The van der Waals surface area contributed by atoms with Crippen LogP contribution in [0, 0.1) is 0 Å². The Labute approximate surface area is 170 Å². The van der Waals surface area contributed by atoms with Gasteiger partial charge in [0, 0.05) is 26.5 Å². The molecule has 2 N–H and O–H groups in total. The van der Waals surface area contributed by atoms with Gasteiger partial charge in [0.1, 0.15) is 6.04 Å². The lowest BCUT2D eigenvalue weighted by Gasteiger charge is -2.20. The number of rotatable bonds is 9. The summed E-state index contributed by atoms with van der Waals surface area (Å²) in [6.45, 7) is 0.773. The van der Waals surface area contributed by atoms with E-state index >= 15 is 0 Å². The van der Waals surface area contributed by atoms with Crippen LogP contribution in [0.3, 0.4) is 0 Å². The summed E-state index contributed by atoms with van der Waals surface area (Å²) in [6, 6.07) is 18.4. The predicted molar refractivity (Wildman–Crippen MR) is 109 cm³/mol. The summed E-state index contributed by atoms with van der Waals surface area (Å²) < 4.78 is 4.97. The highest BCUT2D eigenvalue weighted by Crippen LogP contribution is 2.17. The molecule has 0 saturated carbocycles. The van der Waals surface area contributed by atoms with Gasteiger partial charge in [0.05, 0.1) is 12.3 Å². The van der Waals surface area contributed by atoms with E-state index in [4.69, 9.17) is 9.57 Å². The number of ether oxygens (including phenoxy) is 1. The van der Waals surface area contributed by atoms with Crippen LogP contribution in [0.25, 0.3) is 0 Å². The van der Waals surface area contributed by atoms with Gasteiger partial charge < -0.3 is 20.2 Å². The Kier molecular flexibility index (Phi) is 7.35. The standard InChI is InChI=1S/C22H25N3O4/c1-28-13-12-23-21(26)19(14-16-8-4-2-5-9-16)24-22(27)20-15-18(25-29-20)17-10-6-3-7-11-17/h2-11,19-20H,12-15H2,1H3,(H,23,26)(H,24,27)/t19-,20+/m0/s1. The van der Waals surface area contributed by atoms with Crippen LogP contribution in [0.4, 0.5) is 0 Å². The molecule has 2 aromatic carbocycles. The zero-order chi connectivity index (χ0) is 20.5. The molecule has 0 radical (unpaired) electrons. The molecule has 0 saturated heterocycles. The van der Waals surface area contributed by atoms with E-state index in [9.17, 15) is 9.59 Å². The van der Waals surface area contributed by atoms with E-state index in [0.717, 1.165) is 16.8 Å². The number of carbonyl (C=O) groups excluding carboxylic acids is 2. The van der Waals surface area contributed by atoms with Crippen LogP contribution < -0.4 is 10.6 Å². The number of oxime groups is 1. The van der Waals surface area contributed by atoms with Crippen LogP contribution in [0.5, 0.6) is 0 Å². The van der Waals surface area contributed by atoms with Crippen molar-refractivity contribution in [1.29, 1.82) is 0 Å². The first-order chi connectivity index (χ1) is 14.2. The van der Waals surface area contributed by atoms with E-state index in [-0.39, 0.29) is 11.8 Å². The van der Waals surface area contributed by atoms with Crippen LogP contribution in [-0.4, -0.2) is 49.9 Å². The fraction of sp³-hybridized carbons (Fsp3) is 0.318. The Bertz CT molecular complexity index is 840. The van der Waals surface area contributed by atoms with Crippen LogP contribution in [0.15, 0.2) is 65.8 Å². The molecule has 3 rings (SSSR count). The average molecular weight is 395 g/mol. The maximum absolute atomic E-state index is 12.7. The largest absolute Gasteiger partial charge is 0.383 e. The van der Waals surface area contributed by atoms with Gasteiger partial charge in [-0.25, -0.2) is 0 Å². The lowest BCUT2D eigenvalue weighted by molar-refractivity contribution is -0.135. The van der Waals surface area contributed by atoms with Crippen molar-refractivity contribution in [2.45, 2.75) is 25.0 Å². The summed E-state index contributed by atoms with van der Waals surface area (Å²) in [7, 11) is 1.57. The summed E-state index contributed by atoms with van der Waals surface area (Å²) in [5, 5.41) is 9.65. The second kappa shape index (κ2) is 10.4. The number of benzene rings is 2. The van der Waals surface area contributed by atoms with Crippen LogP contribution in [-0.2, 0) is 25.6 Å². The van der Waals surface area contributed by atoms with Gasteiger partial charge in [0.2, 0.25) is 12.0 Å². The second-order valence-electron chi connectivity index (χ2n) is 6.74. The minimum absolute atomic E-state index is 0.263. The average Bonchev–Trinajstić information content (AvgIpc) is 3.25. The van der Waals surface area contributed by atoms with Crippen molar-refractivity contribution >= 4 is 17.5 Å². The van der Waals surface area contributed by atoms with Crippen molar-refractivity contribution in [3.05, 3.63) is 71.8 Å². The van der Waals surface area contributed by atoms with Crippen molar-refractivity contribution in [3.8, 4) is 0 Å². The first kappa shape index (κ1) is 20.5. The first-order valence-electron chi connectivity index (χ1n) is 9.56. The Morgan fingerprint density at radius 2 is 1.83 bits per heavy atom. The minimum atomic E-state index is -0.754. The van der Waals surface area contributed by atoms with Gasteiger partial charge in [-0.2, -0.15) is 0 Å². The van der Waals surface area contributed by atoms with Crippen LogP contribution >= 0.6 is 0 Å². The van der Waals surface area contributed by atoms with E-state index in [1.807, 2.05) is 60.7 Å².